The molecule has 34 heavy (non-hydrogen) atoms. The molecule has 0 spiro atoms. The summed E-state index contributed by atoms with van der Waals surface area (Å²) in [6.07, 6.45) is 2.32. The minimum absolute atomic E-state index is 0.0952. The molecule has 0 aliphatic carbocycles. The van der Waals surface area contributed by atoms with Crippen molar-refractivity contribution >= 4 is 5.97 Å². The summed E-state index contributed by atoms with van der Waals surface area (Å²) in [5, 5.41) is 24.1. The average molecular weight is 456 g/mol. The van der Waals surface area contributed by atoms with Gasteiger partial charge in [0.25, 0.3) is 0 Å². The summed E-state index contributed by atoms with van der Waals surface area (Å²) < 4.78 is 5.63. The smallest absolute Gasteiger partial charge is 0.303 e. The van der Waals surface area contributed by atoms with Crippen LogP contribution in [0.1, 0.15) is 47.8 Å². The zero-order valence-corrected chi connectivity index (χ0v) is 19.3. The monoisotopic (exact) mass is 455 g/mol. The van der Waals surface area contributed by atoms with E-state index in [0.29, 0.717) is 24.3 Å². The number of carboxylic acids is 1. The number of aryl methyl sites for hydroxylation is 3. The van der Waals surface area contributed by atoms with Gasteiger partial charge < -0.3 is 14.7 Å². The molecule has 0 bridgehead atoms. The van der Waals surface area contributed by atoms with E-state index in [9.17, 15) is 9.90 Å². The molecule has 0 amide bonds. The fourth-order valence-corrected chi connectivity index (χ4v) is 4.33. The van der Waals surface area contributed by atoms with E-state index in [1.165, 1.54) is 5.56 Å². The molecular formula is C29H29NO4. The molecule has 174 valence electrons. The van der Waals surface area contributed by atoms with Crippen molar-refractivity contribution in [1.29, 1.82) is 0 Å². The Hall–Kier alpha value is -3.70. The Morgan fingerprint density at radius 1 is 0.912 bits per heavy atom. The largest absolute Gasteiger partial charge is 0.481 e. The van der Waals surface area contributed by atoms with Gasteiger partial charge in [0.1, 0.15) is 0 Å². The van der Waals surface area contributed by atoms with E-state index in [-0.39, 0.29) is 6.42 Å². The zero-order chi connectivity index (χ0) is 23.9. The molecule has 0 fully saturated rings. The lowest BCUT2D eigenvalue weighted by Gasteiger charge is -2.12. The normalized spacial score (nSPS) is 11.9. The maximum Gasteiger partial charge on any atom is 0.303 e. The van der Waals surface area contributed by atoms with E-state index in [1.54, 1.807) is 0 Å². The van der Waals surface area contributed by atoms with E-state index in [4.69, 9.17) is 9.63 Å². The number of aliphatic carboxylic acids is 1. The zero-order valence-electron chi connectivity index (χ0n) is 19.3. The molecule has 0 aliphatic heterocycles. The van der Waals surface area contributed by atoms with Gasteiger partial charge >= 0.3 is 5.97 Å². The van der Waals surface area contributed by atoms with E-state index < -0.39 is 12.1 Å². The molecule has 1 aromatic heterocycles. The molecule has 4 rings (SSSR count). The Balaban J connectivity index is 1.50. The lowest BCUT2D eigenvalue weighted by molar-refractivity contribution is -0.136. The molecule has 5 nitrogen and oxygen atoms in total. The van der Waals surface area contributed by atoms with Gasteiger partial charge in [-0.05, 0) is 54.9 Å². The van der Waals surface area contributed by atoms with E-state index in [1.807, 2.05) is 73.7 Å². The second kappa shape index (κ2) is 10.9. The second-order valence-electron chi connectivity index (χ2n) is 8.53. The minimum Gasteiger partial charge on any atom is -0.481 e. The van der Waals surface area contributed by atoms with Crippen molar-refractivity contribution in [1.82, 2.24) is 5.16 Å². The van der Waals surface area contributed by atoms with Gasteiger partial charge in [-0.25, -0.2) is 0 Å². The Bertz CT molecular complexity index is 1230. The van der Waals surface area contributed by atoms with E-state index in [2.05, 4.69) is 17.3 Å². The number of aliphatic hydroxyl groups is 1. The van der Waals surface area contributed by atoms with Gasteiger partial charge in [-0.2, -0.15) is 0 Å². The molecular weight excluding hydrogens is 426 g/mol. The van der Waals surface area contributed by atoms with Crippen LogP contribution >= 0.6 is 0 Å². The van der Waals surface area contributed by atoms with Crippen LogP contribution in [0.3, 0.4) is 0 Å². The van der Waals surface area contributed by atoms with Crippen LogP contribution in [0.2, 0.25) is 0 Å². The third kappa shape index (κ3) is 5.61. The first-order valence-electron chi connectivity index (χ1n) is 11.6. The Kier molecular flexibility index (Phi) is 7.55. The molecule has 0 saturated heterocycles. The third-order valence-electron chi connectivity index (χ3n) is 6.11. The molecule has 3 aromatic carbocycles. The first-order chi connectivity index (χ1) is 16.5. The van der Waals surface area contributed by atoms with Crippen molar-refractivity contribution in [3.05, 3.63) is 101 Å². The van der Waals surface area contributed by atoms with Gasteiger partial charge in [0.2, 0.25) is 0 Å². The van der Waals surface area contributed by atoms with Crippen LogP contribution in [-0.2, 0) is 17.6 Å². The maximum absolute atomic E-state index is 11.0. The van der Waals surface area contributed by atoms with Crippen molar-refractivity contribution in [2.45, 2.75) is 45.1 Å². The topological polar surface area (TPSA) is 83.6 Å². The molecule has 0 aliphatic rings. The van der Waals surface area contributed by atoms with Crippen molar-refractivity contribution < 1.29 is 19.5 Å². The quantitative estimate of drug-likeness (QED) is 0.289. The Labute approximate surface area is 199 Å². The highest BCUT2D eigenvalue weighted by molar-refractivity contribution is 5.73. The van der Waals surface area contributed by atoms with Crippen molar-refractivity contribution in [2.24, 2.45) is 0 Å². The highest BCUT2D eigenvalue weighted by Crippen LogP contribution is 2.35. The standard InChI is InChI=1S/C29H29NO4/c1-20-28(26(31)13-7-10-21-8-3-2-4-9-21)29(34-30-20)24-16-14-23(15-17-24)25-12-6-5-11-22(25)18-19-27(32)33/h2-6,8-9,11-12,14-17,26,31H,7,10,13,18-19H2,1H3,(H,32,33). The van der Waals surface area contributed by atoms with Gasteiger partial charge in [0, 0.05) is 12.0 Å². The summed E-state index contributed by atoms with van der Waals surface area (Å²) in [4.78, 5) is 11.0. The molecule has 1 unspecified atom stereocenters. The van der Waals surface area contributed by atoms with Crippen molar-refractivity contribution in [3.63, 3.8) is 0 Å². The molecule has 0 radical (unpaired) electrons. The number of hydrogen-bond acceptors (Lipinski definition) is 4. The fraction of sp³-hybridized carbons (Fsp3) is 0.241. The van der Waals surface area contributed by atoms with Crippen LogP contribution < -0.4 is 0 Å². The first kappa shape index (κ1) is 23.5. The van der Waals surface area contributed by atoms with Gasteiger partial charge in [-0.1, -0.05) is 84.0 Å². The predicted molar refractivity (Wildman–Crippen MR) is 132 cm³/mol. The van der Waals surface area contributed by atoms with Crippen molar-refractivity contribution in [3.8, 4) is 22.5 Å². The Morgan fingerprint density at radius 3 is 2.32 bits per heavy atom. The molecule has 1 heterocycles. The van der Waals surface area contributed by atoms with Crippen LogP contribution in [-0.4, -0.2) is 21.3 Å². The lowest BCUT2D eigenvalue weighted by atomic mass is 9.94. The minimum atomic E-state index is -0.805. The number of hydrogen-bond donors (Lipinski definition) is 2. The van der Waals surface area contributed by atoms with Gasteiger partial charge in [0.15, 0.2) is 5.76 Å². The van der Waals surface area contributed by atoms with Crippen LogP contribution in [0.5, 0.6) is 0 Å². The highest BCUT2D eigenvalue weighted by Gasteiger charge is 2.22. The fourth-order valence-electron chi connectivity index (χ4n) is 4.33. The first-order valence-corrected chi connectivity index (χ1v) is 11.6. The lowest BCUT2D eigenvalue weighted by Crippen LogP contribution is -2.01. The highest BCUT2D eigenvalue weighted by atomic mass is 16.5. The summed E-state index contributed by atoms with van der Waals surface area (Å²) in [5.74, 6) is -0.212. The van der Waals surface area contributed by atoms with Gasteiger partial charge in [0.05, 0.1) is 17.4 Å². The summed E-state index contributed by atoms with van der Waals surface area (Å²) >= 11 is 0. The predicted octanol–water partition coefficient (Wildman–Crippen LogP) is 6.39. The summed E-state index contributed by atoms with van der Waals surface area (Å²) in [6, 6.07) is 26.0. The second-order valence-corrected chi connectivity index (χ2v) is 8.53. The van der Waals surface area contributed by atoms with Crippen LogP contribution in [0, 0.1) is 6.92 Å². The maximum atomic E-state index is 11.0. The summed E-state index contributed by atoms with van der Waals surface area (Å²) in [7, 11) is 0. The van der Waals surface area contributed by atoms with Gasteiger partial charge in [-0.15, -0.1) is 0 Å². The van der Waals surface area contributed by atoms with E-state index in [0.717, 1.165) is 40.7 Å². The molecule has 4 aromatic rings. The number of nitrogens with zero attached hydrogens (tertiary/aromatic N) is 1. The van der Waals surface area contributed by atoms with Gasteiger partial charge in [-0.3, -0.25) is 4.79 Å². The SMILES string of the molecule is Cc1noc(-c2ccc(-c3ccccc3CCC(=O)O)cc2)c1C(O)CCCc1ccccc1. The summed E-state index contributed by atoms with van der Waals surface area (Å²) in [6.45, 7) is 1.86. The van der Waals surface area contributed by atoms with Crippen molar-refractivity contribution in [2.75, 3.05) is 0 Å². The average Bonchev–Trinajstić information content (AvgIpc) is 3.25. The number of carboxylic acid groups (broad SMARTS) is 1. The Morgan fingerprint density at radius 2 is 1.59 bits per heavy atom. The number of benzene rings is 3. The number of rotatable bonds is 10. The number of carbonyl (C=O) groups is 1. The van der Waals surface area contributed by atoms with Crippen LogP contribution in [0.4, 0.5) is 0 Å². The summed E-state index contributed by atoms with van der Waals surface area (Å²) in [5.41, 5.74) is 6.58. The molecule has 1 atom stereocenters. The van der Waals surface area contributed by atoms with Crippen LogP contribution in [0.25, 0.3) is 22.5 Å². The van der Waals surface area contributed by atoms with Crippen LogP contribution in [0.15, 0.2) is 83.4 Å². The molecule has 2 N–H and O–H groups in total. The number of aromatic nitrogens is 1. The third-order valence-corrected chi connectivity index (χ3v) is 6.11. The molecule has 0 saturated carbocycles. The van der Waals surface area contributed by atoms with E-state index >= 15 is 0 Å². The number of aliphatic hydroxyl groups excluding tert-OH is 1. The molecule has 5 heteroatoms.